The highest BCUT2D eigenvalue weighted by Gasteiger charge is 2.46. The number of benzene rings is 1. The van der Waals surface area contributed by atoms with Crippen molar-refractivity contribution in [2.24, 2.45) is 5.92 Å². The average molecular weight is 379 g/mol. The van der Waals surface area contributed by atoms with Gasteiger partial charge in [-0.2, -0.15) is 0 Å². The molecule has 2 fully saturated rings. The molecular weight excluding hydrogens is 359 g/mol. The van der Waals surface area contributed by atoms with Gasteiger partial charge in [0.2, 0.25) is 5.91 Å². The van der Waals surface area contributed by atoms with Gasteiger partial charge in [0, 0.05) is 43.5 Å². The van der Waals surface area contributed by atoms with Crippen LogP contribution in [0.15, 0.2) is 36.4 Å². The van der Waals surface area contributed by atoms with Gasteiger partial charge in [0.15, 0.2) is 0 Å². The molecule has 1 aromatic heterocycles. The number of amides is 1. The van der Waals surface area contributed by atoms with Gasteiger partial charge in [-0.1, -0.05) is 23.7 Å². The highest BCUT2D eigenvalue weighted by atomic mass is 35.5. The summed E-state index contributed by atoms with van der Waals surface area (Å²) in [4.78, 5) is 18.3. The molecule has 3 nitrogen and oxygen atoms in total. The number of carbonyl (C=O) groups excluding carboxylic acids is 1. The van der Waals surface area contributed by atoms with Crippen LogP contribution in [-0.2, 0) is 11.3 Å². The second-order valence-electron chi connectivity index (χ2n) is 6.81. The van der Waals surface area contributed by atoms with Crippen LogP contribution < -0.4 is 0 Å². The number of thiophene rings is 1. The maximum Gasteiger partial charge on any atom is 0.226 e. The predicted molar refractivity (Wildman–Crippen MR) is 98.4 cm³/mol. The van der Waals surface area contributed by atoms with Gasteiger partial charge < -0.3 is 4.90 Å². The predicted octanol–water partition coefficient (Wildman–Crippen LogP) is 3.99. The topological polar surface area (TPSA) is 23.6 Å². The van der Waals surface area contributed by atoms with Crippen LogP contribution in [0.4, 0.5) is 4.39 Å². The Morgan fingerprint density at radius 3 is 2.68 bits per heavy atom. The minimum absolute atomic E-state index is 0.0319. The fourth-order valence-corrected chi connectivity index (χ4v) is 4.72. The van der Waals surface area contributed by atoms with Crippen LogP contribution in [0.1, 0.15) is 22.8 Å². The molecule has 4 rings (SSSR count). The molecule has 1 aliphatic heterocycles. The van der Waals surface area contributed by atoms with E-state index in [-0.39, 0.29) is 23.6 Å². The number of carbonyl (C=O) groups is 1. The van der Waals surface area contributed by atoms with Crippen molar-refractivity contribution in [3.63, 3.8) is 0 Å². The second-order valence-corrected chi connectivity index (χ2v) is 8.61. The maximum atomic E-state index is 13.4. The number of nitrogens with zero attached hydrogens (tertiary/aromatic N) is 2. The third kappa shape index (κ3) is 3.89. The van der Waals surface area contributed by atoms with Crippen LogP contribution in [-0.4, -0.2) is 41.9 Å². The monoisotopic (exact) mass is 378 g/mol. The number of piperazine rings is 1. The molecule has 2 aromatic rings. The van der Waals surface area contributed by atoms with Crippen molar-refractivity contribution in [2.45, 2.75) is 18.9 Å². The van der Waals surface area contributed by atoms with Gasteiger partial charge in [-0.3, -0.25) is 9.69 Å². The first-order valence-electron chi connectivity index (χ1n) is 8.61. The Balaban J connectivity index is 1.29. The molecule has 2 heterocycles. The molecular formula is C19H20ClFN2OS. The summed E-state index contributed by atoms with van der Waals surface area (Å²) in [6.45, 7) is 4.21. The van der Waals surface area contributed by atoms with E-state index in [9.17, 15) is 9.18 Å². The Morgan fingerprint density at radius 2 is 2.00 bits per heavy atom. The Morgan fingerprint density at radius 1 is 1.20 bits per heavy atom. The lowest BCUT2D eigenvalue weighted by atomic mass is 10.1. The Kier molecular flexibility index (Phi) is 4.80. The van der Waals surface area contributed by atoms with E-state index in [4.69, 9.17) is 11.6 Å². The van der Waals surface area contributed by atoms with Crippen LogP contribution >= 0.6 is 22.9 Å². The molecule has 1 saturated heterocycles. The summed E-state index contributed by atoms with van der Waals surface area (Å²) in [5.41, 5.74) is 0.951. The summed E-state index contributed by atoms with van der Waals surface area (Å²) in [5, 5.41) is 0. The standard InChI is InChI=1S/C19H20ClFN2OS/c20-18-5-4-15(25-18)12-22-6-8-23(9-7-22)19(24)17-11-16(17)13-2-1-3-14(21)10-13/h1-5,10,16-17H,6-9,11-12H2/t16-,17-/m1/s1. The zero-order chi connectivity index (χ0) is 17.4. The van der Waals surface area contributed by atoms with Crippen LogP contribution in [0, 0.1) is 11.7 Å². The molecule has 25 heavy (non-hydrogen) atoms. The van der Waals surface area contributed by atoms with Crippen molar-refractivity contribution in [1.82, 2.24) is 9.80 Å². The zero-order valence-electron chi connectivity index (χ0n) is 13.8. The van der Waals surface area contributed by atoms with Crippen molar-refractivity contribution >= 4 is 28.8 Å². The van der Waals surface area contributed by atoms with Gasteiger partial charge >= 0.3 is 0 Å². The molecule has 6 heteroatoms. The smallest absolute Gasteiger partial charge is 0.226 e. The summed E-state index contributed by atoms with van der Waals surface area (Å²) in [6.07, 6.45) is 0.843. The lowest BCUT2D eigenvalue weighted by Crippen LogP contribution is -2.48. The minimum atomic E-state index is -0.224. The normalized spacial score (nSPS) is 23.7. The van der Waals surface area contributed by atoms with E-state index >= 15 is 0 Å². The van der Waals surface area contributed by atoms with Gasteiger partial charge in [0.25, 0.3) is 0 Å². The number of rotatable bonds is 4. The minimum Gasteiger partial charge on any atom is -0.340 e. The number of hydrogen-bond donors (Lipinski definition) is 0. The first-order valence-corrected chi connectivity index (χ1v) is 9.80. The SMILES string of the molecule is O=C([C@@H]1C[C@@H]1c1cccc(F)c1)N1CCN(Cc2ccc(Cl)s2)CC1. The van der Waals surface area contributed by atoms with Crippen LogP contribution in [0.5, 0.6) is 0 Å². The first-order chi connectivity index (χ1) is 12.1. The quantitative estimate of drug-likeness (QED) is 0.803. The Hall–Kier alpha value is -1.43. The highest BCUT2D eigenvalue weighted by Crippen LogP contribution is 2.48. The van der Waals surface area contributed by atoms with E-state index in [0.717, 1.165) is 49.0 Å². The number of hydrogen-bond acceptors (Lipinski definition) is 3. The van der Waals surface area contributed by atoms with Gasteiger partial charge in [-0.15, -0.1) is 11.3 Å². The Bertz CT molecular complexity index is 772. The molecule has 0 unspecified atom stereocenters. The summed E-state index contributed by atoms with van der Waals surface area (Å²) in [5.74, 6) is 0.227. The Labute approximate surface area is 156 Å². The summed E-state index contributed by atoms with van der Waals surface area (Å²) < 4.78 is 14.2. The third-order valence-corrected chi connectivity index (χ3v) is 6.29. The molecule has 0 N–H and O–H groups in total. The molecule has 2 aliphatic rings. The molecule has 2 atom stereocenters. The van der Waals surface area contributed by atoms with Crippen LogP contribution in [0.25, 0.3) is 0 Å². The molecule has 1 saturated carbocycles. The fraction of sp³-hybridized carbons (Fsp3) is 0.421. The molecule has 0 spiro atoms. The summed E-state index contributed by atoms with van der Waals surface area (Å²) in [6, 6.07) is 10.6. The molecule has 0 radical (unpaired) electrons. The maximum absolute atomic E-state index is 13.4. The van der Waals surface area contributed by atoms with Gasteiger partial charge in [-0.05, 0) is 42.2 Å². The van der Waals surface area contributed by atoms with Crippen molar-refractivity contribution in [3.8, 4) is 0 Å². The van der Waals surface area contributed by atoms with Crippen molar-refractivity contribution in [2.75, 3.05) is 26.2 Å². The molecule has 1 aliphatic carbocycles. The summed E-state index contributed by atoms with van der Waals surface area (Å²) >= 11 is 7.60. The van der Waals surface area contributed by atoms with E-state index in [1.54, 1.807) is 23.5 Å². The average Bonchev–Trinajstić information content (AvgIpc) is 3.31. The fourth-order valence-electron chi connectivity index (χ4n) is 3.59. The van der Waals surface area contributed by atoms with E-state index < -0.39 is 0 Å². The first kappa shape index (κ1) is 17.0. The molecule has 1 aromatic carbocycles. The number of halogens is 2. The molecule has 132 valence electrons. The van der Waals surface area contributed by atoms with E-state index in [1.165, 1.54) is 10.9 Å². The van der Waals surface area contributed by atoms with Gasteiger partial charge in [0.1, 0.15) is 5.82 Å². The van der Waals surface area contributed by atoms with Crippen molar-refractivity contribution < 1.29 is 9.18 Å². The van der Waals surface area contributed by atoms with Crippen molar-refractivity contribution in [1.29, 1.82) is 0 Å². The van der Waals surface area contributed by atoms with Crippen LogP contribution in [0.3, 0.4) is 0 Å². The molecule has 1 amide bonds. The summed E-state index contributed by atoms with van der Waals surface area (Å²) in [7, 11) is 0. The van der Waals surface area contributed by atoms with Gasteiger partial charge in [0.05, 0.1) is 4.34 Å². The van der Waals surface area contributed by atoms with E-state index in [1.807, 2.05) is 17.0 Å². The lowest BCUT2D eigenvalue weighted by molar-refractivity contribution is -0.134. The second kappa shape index (κ2) is 7.06. The lowest BCUT2D eigenvalue weighted by Gasteiger charge is -2.34. The molecule has 0 bridgehead atoms. The largest absolute Gasteiger partial charge is 0.340 e. The van der Waals surface area contributed by atoms with E-state index in [0.29, 0.717) is 0 Å². The van der Waals surface area contributed by atoms with Gasteiger partial charge in [-0.25, -0.2) is 4.39 Å². The highest BCUT2D eigenvalue weighted by molar-refractivity contribution is 7.16. The van der Waals surface area contributed by atoms with E-state index in [2.05, 4.69) is 11.0 Å². The van der Waals surface area contributed by atoms with Crippen LogP contribution in [0.2, 0.25) is 4.34 Å². The third-order valence-electron chi connectivity index (χ3n) is 5.08. The zero-order valence-corrected chi connectivity index (χ0v) is 15.4. The van der Waals surface area contributed by atoms with Crippen molar-refractivity contribution in [3.05, 3.63) is 57.0 Å².